The maximum Gasteiger partial charge on any atom is 0.249 e. The van der Waals surface area contributed by atoms with Crippen molar-refractivity contribution < 1.29 is 13.2 Å². The molecule has 1 aromatic carbocycles. The molecule has 1 atom stereocenters. The molecule has 0 aliphatic rings. The van der Waals surface area contributed by atoms with Gasteiger partial charge in [0.2, 0.25) is 21.1 Å². The summed E-state index contributed by atoms with van der Waals surface area (Å²) < 4.78 is 26.1. The predicted octanol–water partition coefficient (Wildman–Crippen LogP) is 3.36. The third-order valence-electron chi connectivity index (χ3n) is 3.05. The van der Waals surface area contributed by atoms with Crippen molar-refractivity contribution in [2.24, 2.45) is 0 Å². The molecule has 0 aliphatic carbocycles. The number of nitrogens with one attached hydrogen (secondary N) is 1. The quantitative estimate of drug-likeness (QED) is 0.546. The molecule has 1 aromatic heterocycles. The summed E-state index contributed by atoms with van der Waals surface area (Å²) in [7, 11) is -3.80. The lowest BCUT2D eigenvalue weighted by Gasteiger charge is -2.28. The zero-order valence-electron chi connectivity index (χ0n) is 13.4. The van der Waals surface area contributed by atoms with Crippen LogP contribution in [0.2, 0.25) is 10.0 Å². The standard InChI is InChI=1S/C13H14Cl2N4O3S3/c1-7(11(20)16-12-17-18-13(23-2)24-12)19(25(3,21)22)10-6-8(14)4-5-9(10)15/h4-7H,1-3H3,(H,16,17,20)/t7-/m1/s1. The summed E-state index contributed by atoms with van der Waals surface area (Å²) in [6, 6.07) is 3.32. The molecular weight excluding hydrogens is 427 g/mol. The molecule has 1 N–H and O–H groups in total. The summed E-state index contributed by atoms with van der Waals surface area (Å²) in [5, 5.41) is 11.0. The van der Waals surface area contributed by atoms with Gasteiger partial charge in [-0.15, -0.1) is 10.2 Å². The van der Waals surface area contributed by atoms with E-state index in [9.17, 15) is 13.2 Å². The van der Waals surface area contributed by atoms with Crippen LogP contribution in [0.4, 0.5) is 10.8 Å². The summed E-state index contributed by atoms with van der Waals surface area (Å²) >= 11 is 14.6. The van der Waals surface area contributed by atoms with Gasteiger partial charge in [0.25, 0.3) is 0 Å². The molecule has 25 heavy (non-hydrogen) atoms. The van der Waals surface area contributed by atoms with Crippen LogP contribution in [0.1, 0.15) is 6.92 Å². The highest BCUT2D eigenvalue weighted by Crippen LogP contribution is 2.32. The van der Waals surface area contributed by atoms with Crippen LogP contribution < -0.4 is 9.62 Å². The number of amides is 1. The van der Waals surface area contributed by atoms with Crippen LogP contribution in [0.3, 0.4) is 0 Å². The lowest BCUT2D eigenvalue weighted by Crippen LogP contribution is -2.45. The summed E-state index contributed by atoms with van der Waals surface area (Å²) in [5.41, 5.74) is 0.126. The highest BCUT2D eigenvalue weighted by molar-refractivity contribution is 8.00. The van der Waals surface area contributed by atoms with Crippen molar-refractivity contribution in [2.75, 3.05) is 22.1 Å². The number of rotatable bonds is 6. The Bertz CT molecular complexity index is 888. The fraction of sp³-hybridized carbons (Fsp3) is 0.308. The normalized spacial score (nSPS) is 12.7. The molecule has 136 valence electrons. The molecule has 12 heteroatoms. The fourth-order valence-electron chi connectivity index (χ4n) is 1.99. The predicted molar refractivity (Wildman–Crippen MR) is 104 cm³/mol. The average Bonchev–Trinajstić information content (AvgIpc) is 2.97. The highest BCUT2D eigenvalue weighted by atomic mass is 35.5. The number of sulfonamides is 1. The summed E-state index contributed by atoms with van der Waals surface area (Å²) in [5.74, 6) is -0.565. The molecule has 1 heterocycles. The van der Waals surface area contributed by atoms with E-state index in [4.69, 9.17) is 23.2 Å². The smallest absolute Gasteiger partial charge is 0.249 e. The van der Waals surface area contributed by atoms with Crippen molar-refractivity contribution in [3.05, 3.63) is 28.2 Å². The van der Waals surface area contributed by atoms with E-state index in [1.165, 1.54) is 48.2 Å². The van der Waals surface area contributed by atoms with Gasteiger partial charge < -0.3 is 0 Å². The second-order valence-electron chi connectivity index (χ2n) is 4.90. The number of carbonyl (C=O) groups excluding carboxylic acids is 1. The van der Waals surface area contributed by atoms with Gasteiger partial charge in [0, 0.05) is 5.02 Å². The molecule has 2 rings (SSSR count). The molecule has 1 amide bonds. The highest BCUT2D eigenvalue weighted by Gasteiger charge is 2.31. The van der Waals surface area contributed by atoms with E-state index in [-0.39, 0.29) is 15.8 Å². The van der Waals surface area contributed by atoms with E-state index in [0.717, 1.165) is 10.6 Å². The van der Waals surface area contributed by atoms with Crippen LogP contribution in [0.5, 0.6) is 0 Å². The molecule has 7 nitrogen and oxygen atoms in total. The first kappa shape index (κ1) is 20.2. The van der Waals surface area contributed by atoms with Gasteiger partial charge in [-0.1, -0.05) is 46.3 Å². The first-order valence-corrected chi connectivity index (χ1v) is 11.4. The van der Waals surface area contributed by atoms with Gasteiger partial charge in [0.05, 0.1) is 17.0 Å². The number of halogens is 2. The monoisotopic (exact) mass is 440 g/mol. The lowest BCUT2D eigenvalue weighted by molar-refractivity contribution is -0.116. The van der Waals surface area contributed by atoms with Gasteiger partial charge in [-0.05, 0) is 31.4 Å². The average molecular weight is 441 g/mol. The third kappa shape index (κ3) is 4.98. The Labute approximate surface area is 163 Å². The Hall–Kier alpha value is -1.07. The van der Waals surface area contributed by atoms with Gasteiger partial charge in [-0.2, -0.15) is 0 Å². The van der Waals surface area contributed by atoms with E-state index >= 15 is 0 Å². The van der Waals surface area contributed by atoms with Crippen LogP contribution in [0.15, 0.2) is 22.5 Å². The largest absolute Gasteiger partial charge is 0.299 e. The van der Waals surface area contributed by atoms with Crippen molar-refractivity contribution in [1.29, 1.82) is 0 Å². The number of hydrogen-bond donors (Lipinski definition) is 1. The van der Waals surface area contributed by atoms with Crippen LogP contribution >= 0.6 is 46.3 Å². The van der Waals surface area contributed by atoms with Gasteiger partial charge in [-0.25, -0.2) is 8.42 Å². The van der Waals surface area contributed by atoms with E-state index in [1.807, 2.05) is 6.26 Å². The lowest BCUT2D eigenvalue weighted by atomic mass is 10.2. The maximum atomic E-state index is 12.5. The van der Waals surface area contributed by atoms with Crippen molar-refractivity contribution in [3.63, 3.8) is 0 Å². The van der Waals surface area contributed by atoms with Crippen molar-refractivity contribution >= 4 is 73.0 Å². The van der Waals surface area contributed by atoms with E-state index in [2.05, 4.69) is 15.5 Å². The third-order valence-corrected chi connectivity index (χ3v) is 6.64. The molecule has 2 aromatic rings. The summed E-state index contributed by atoms with van der Waals surface area (Å²) in [4.78, 5) is 12.5. The number of nitrogens with zero attached hydrogens (tertiary/aromatic N) is 3. The molecular formula is C13H14Cl2N4O3S3. The molecule has 0 spiro atoms. The van der Waals surface area contributed by atoms with E-state index in [0.29, 0.717) is 9.36 Å². The van der Waals surface area contributed by atoms with Gasteiger partial charge in [0.15, 0.2) is 4.34 Å². The molecule has 0 fully saturated rings. The molecule has 0 unspecified atom stereocenters. The first-order valence-electron chi connectivity index (χ1n) is 6.76. The number of thioether (sulfide) groups is 1. The number of aromatic nitrogens is 2. The maximum absolute atomic E-state index is 12.5. The zero-order chi connectivity index (χ0) is 18.8. The van der Waals surface area contributed by atoms with Crippen molar-refractivity contribution in [3.8, 4) is 0 Å². The first-order chi connectivity index (χ1) is 11.6. The molecule has 0 bridgehead atoms. The topological polar surface area (TPSA) is 92.3 Å². The summed E-state index contributed by atoms with van der Waals surface area (Å²) in [6.45, 7) is 1.45. The van der Waals surface area contributed by atoms with Crippen LogP contribution in [-0.2, 0) is 14.8 Å². The number of benzene rings is 1. The number of carbonyl (C=O) groups is 1. The Kier molecular flexibility index (Phi) is 6.55. The van der Waals surface area contributed by atoms with Crippen molar-refractivity contribution in [2.45, 2.75) is 17.3 Å². The Morgan fingerprint density at radius 1 is 1.36 bits per heavy atom. The fourth-order valence-corrected chi connectivity index (χ4v) is 4.76. The molecule has 0 radical (unpaired) electrons. The Morgan fingerprint density at radius 3 is 2.60 bits per heavy atom. The minimum Gasteiger partial charge on any atom is -0.299 e. The minimum absolute atomic E-state index is 0.126. The van der Waals surface area contributed by atoms with Crippen LogP contribution in [-0.4, -0.2) is 43.1 Å². The zero-order valence-corrected chi connectivity index (χ0v) is 17.3. The van der Waals surface area contributed by atoms with E-state index in [1.54, 1.807) is 0 Å². The number of hydrogen-bond acceptors (Lipinski definition) is 7. The molecule has 0 aliphatic heterocycles. The minimum atomic E-state index is -3.80. The van der Waals surface area contributed by atoms with Crippen LogP contribution in [0.25, 0.3) is 0 Å². The SMILES string of the molecule is CSc1nnc(NC(=O)[C@@H](C)N(c2cc(Cl)ccc2Cl)S(C)(=O)=O)s1. The molecule has 0 saturated carbocycles. The number of anilines is 2. The van der Waals surface area contributed by atoms with Gasteiger partial charge in [-0.3, -0.25) is 14.4 Å². The van der Waals surface area contributed by atoms with Gasteiger partial charge >= 0.3 is 0 Å². The summed E-state index contributed by atoms with van der Waals surface area (Å²) in [6.07, 6.45) is 2.83. The second kappa shape index (κ2) is 8.09. The van der Waals surface area contributed by atoms with Gasteiger partial charge in [0.1, 0.15) is 6.04 Å². The van der Waals surface area contributed by atoms with E-state index < -0.39 is 22.0 Å². The Morgan fingerprint density at radius 2 is 2.04 bits per heavy atom. The molecule has 0 saturated heterocycles. The van der Waals surface area contributed by atoms with Crippen LogP contribution in [0, 0.1) is 0 Å². The second-order valence-corrected chi connectivity index (χ2v) is 9.63. The van der Waals surface area contributed by atoms with Crippen molar-refractivity contribution in [1.82, 2.24) is 10.2 Å². The Balaban J connectivity index is 2.34.